The molecule has 0 spiro atoms. The number of ether oxygens (including phenoxy) is 1. The number of anilines is 1. The summed E-state index contributed by atoms with van der Waals surface area (Å²) >= 11 is 0. The first-order chi connectivity index (χ1) is 9.78. The summed E-state index contributed by atoms with van der Waals surface area (Å²) in [4.78, 5) is 0. The lowest BCUT2D eigenvalue weighted by molar-refractivity contribution is 0.214. The molecule has 0 aliphatic carbocycles. The molecule has 1 N–H and O–H groups in total. The van der Waals surface area contributed by atoms with Crippen molar-refractivity contribution in [3.8, 4) is 5.75 Å². The van der Waals surface area contributed by atoms with Crippen LogP contribution in [0, 0.1) is 6.92 Å². The van der Waals surface area contributed by atoms with Gasteiger partial charge in [-0.3, -0.25) is 0 Å². The van der Waals surface area contributed by atoms with Gasteiger partial charge in [0.05, 0.1) is 0 Å². The Balaban J connectivity index is 1.43. The van der Waals surface area contributed by atoms with E-state index in [1.54, 1.807) is 0 Å². The number of nitrogens with one attached hydrogen (secondary N) is 1. The third-order valence-electron chi connectivity index (χ3n) is 4.35. The Hall–Kier alpha value is -1.96. The molecule has 2 heterocycles. The van der Waals surface area contributed by atoms with Crippen LogP contribution in [0.1, 0.15) is 23.1 Å². The van der Waals surface area contributed by atoms with Crippen LogP contribution in [-0.4, -0.2) is 12.1 Å². The third kappa shape index (κ3) is 2.05. The van der Waals surface area contributed by atoms with Gasteiger partial charge in [-0.05, 0) is 36.6 Å². The number of hydrogen-bond donors (Lipinski definition) is 1. The largest absolute Gasteiger partial charge is 0.490 e. The summed E-state index contributed by atoms with van der Waals surface area (Å²) in [7, 11) is 0. The van der Waals surface area contributed by atoms with E-state index in [-0.39, 0.29) is 0 Å². The summed E-state index contributed by atoms with van der Waals surface area (Å²) in [5.41, 5.74) is 5.41. The van der Waals surface area contributed by atoms with E-state index in [9.17, 15) is 0 Å². The van der Waals surface area contributed by atoms with Crippen LogP contribution >= 0.6 is 0 Å². The van der Waals surface area contributed by atoms with Crippen molar-refractivity contribution in [3.63, 3.8) is 0 Å². The quantitative estimate of drug-likeness (QED) is 0.893. The predicted molar refractivity (Wildman–Crippen MR) is 81.5 cm³/mol. The zero-order valence-corrected chi connectivity index (χ0v) is 11.7. The van der Waals surface area contributed by atoms with E-state index in [0.29, 0.717) is 12.1 Å². The van der Waals surface area contributed by atoms with E-state index in [1.807, 2.05) is 0 Å². The molecule has 2 atom stereocenters. The molecule has 0 amide bonds. The smallest absolute Gasteiger partial charge is 0.123 e. The van der Waals surface area contributed by atoms with Crippen LogP contribution < -0.4 is 10.1 Å². The van der Waals surface area contributed by atoms with E-state index in [0.717, 1.165) is 25.0 Å². The van der Waals surface area contributed by atoms with Gasteiger partial charge in [0.2, 0.25) is 0 Å². The van der Waals surface area contributed by atoms with E-state index >= 15 is 0 Å². The number of fused-ring (bicyclic) bond motifs is 2. The van der Waals surface area contributed by atoms with E-state index in [1.165, 1.54) is 22.4 Å². The Morgan fingerprint density at radius 1 is 1.10 bits per heavy atom. The standard InChI is InChI=1S/C18H19NO/c1-12-6-7-18-14(8-12)10-16(20-18)11-15-9-13-4-2-3-5-17(13)19-15/h2-8,15-16,19H,9-11H2,1H3. The highest BCUT2D eigenvalue weighted by Gasteiger charge is 2.28. The van der Waals surface area contributed by atoms with Gasteiger partial charge in [0.25, 0.3) is 0 Å². The van der Waals surface area contributed by atoms with Crippen molar-refractivity contribution < 1.29 is 4.74 Å². The summed E-state index contributed by atoms with van der Waals surface area (Å²) < 4.78 is 6.08. The third-order valence-corrected chi connectivity index (χ3v) is 4.35. The molecular weight excluding hydrogens is 246 g/mol. The highest BCUT2D eigenvalue weighted by atomic mass is 16.5. The van der Waals surface area contributed by atoms with Crippen molar-refractivity contribution in [1.82, 2.24) is 0 Å². The molecule has 0 radical (unpaired) electrons. The maximum Gasteiger partial charge on any atom is 0.123 e. The Labute approximate surface area is 119 Å². The van der Waals surface area contributed by atoms with Gasteiger partial charge in [0.1, 0.15) is 11.9 Å². The summed E-state index contributed by atoms with van der Waals surface area (Å²) in [5, 5.41) is 3.62. The van der Waals surface area contributed by atoms with Gasteiger partial charge in [-0.15, -0.1) is 0 Å². The van der Waals surface area contributed by atoms with Gasteiger partial charge in [0.15, 0.2) is 0 Å². The fraction of sp³-hybridized carbons (Fsp3) is 0.333. The van der Waals surface area contributed by atoms with Gasteiger partial charge in [-0.1, -0.05) is 35.9 Å². The second-order valence-electron chi connectivity index (χ2n) is 5.99. The molecule has 2 aromatic rings. The molecule has 2 heteroatoms. The average molecular weight is 265 g/mol. The van der Waals surface area contributed by atoms with Crippen LogP contribution in [0.4, 0.5) is 5.69 Å². The molecule has 2 nitrogen and oxygen atoms in total. The molecule has 0 bridgehead atoms. The Kier molecular flexibility index (Phi) is 2.69. The Morgan fingerprint density at radius 3 is 2.90 bits per heavy atom. The lowest BCUT2D eigenvalue weighted by Crippen LogP contribution is -2.25. The minimum absolute atomic E-state index is 0.318. The minimum atomic E-state index is 0.318. The molecule has 0 saturated heterocycles. The topological polar surface area (TPSA) is 21.3 Å². The molecule has 2 aliphatic heterocycles. The Bertz CT molecular complexity index is 625. The van der Waals surface area contributed by atoms with Gasteiger partial charge in [-0.25, -0.2) is 0 Å². The van der Waals surface area contributed by atoms with E-state index in [2.05, 4.69) is 54.7 Å². The Morgan fingerprint density at radius 2 is 2.00 bits per heavy atom. The maximum absolute atomic E-state index is 6.08. The van der Waals surface area contributed by atoms with Crippen molar-refractivity contribution in [1.29, 1.82) is 0 Å². The summed E-state index contributed by atoms with van der Waals surface area (Å²) in [5.74, 6) is 1.08. The van der Waals surface area contributed by atoms with E-state index in [4.69, 9.17) is 4.74 Å². The molecule has 0 saturated carbocycles. The van der Waals surface area contributed by atoms with Crippen molar-refractivity contribution in [2.75, 3.05) is 5.32 Å². The first kappa shape index (κ1) is 11.8. The van der Waals surface area contributed by atoms with E-state index < -0.39 is 0 Å². The molecule has 4 rings (SSSR count). The number of rotatable bonds is 2. The fourth-order valence-corrected chi connectivity index (χ4v) is 3.42. The lowest BCUT2D eigenvalue weighted by Gasteiger charge is -2.16. The van der Waals surface area contributed by atoms with Crippen molar-refractivity contribution >= 4 is 5.69 Å². The average Bonchev–Trinajstić information content (AvgIpc) is 3.00. The monoisotopic (exact) mass is 265 g/mol. The normalized spacial score (nSPS) is 22.9. The SMILES string of the molecule is Cc1ccc2c(c1)CC(CC1Cc3ccccc3N1)O2. The van der Waals surface area contributed by atoms with Gasteiger partial charge in [-0.2, -0.15) is 0 Å². The predicted octanol–water partition coefficient (Wildman–Crippen LogP) is 3.73. The fourth-order valence-electron chi connectivity index (χ4n) is 3.42. The number of hydrogen-bond acceptors (Lipinski definition) is 2. The van der Waals surface area contributed by atoms with Crippen LogP contribution in [0.3, 0.4) is 0 Å². The van der Waals surface area contributed by atoms with Crippen molar-refractivity contribution in [3.05, 3.63) is 59.2 Å². The number of aryl methyl sites for hydroxylation is 1. The molecule has 0 fully saturated rings. The number of para-hydroxylation sites is 1. The second kappa shape index (κ2) is 4.55. The van der Waals surface area contributed by atoms with Crippen molar-refractivity contribution in [2.24, 2.45) is 0 Å². The second-order valence-corrected chi connectivity index (χ2v) is 5.99. The van der Waals surface area contributed by atoms with Crippen LogP contribution in [-0.2, 0) is 12.8 Å². The lowest BCUT2D eigenvalue weighted by atomic mass is 10.0. The molecule has 102 valence electrons. The zero-order chi connectivity index (χ0) is 13.5. The zero-order valence-electron chi connectivity index (χ0n) is 11.7. The molecular formula is C18H19NO. The van der Waals surface area contributed by atoms with Crippen LogP contribution in [0.25, 0.3) is 0 Å². The first-order valence-corrected chi connectivity index (χ1v) is 7.38. The summed E-state index contributed by atoms with van der Waals surface area (Å²) in [6, 6.07) is 15.6. The molecule has 2 aromatic carbocycles. The van der Waals surface area contributed by atoms with Gasteiger partial charge < -0.3 is 10.1 Å². The summed E-state index contributed by atoms with van der Waals surface area (Å²) in [6.07, 6.45) is 3.55. The van der Waals surface area contributed by atoms with Crippen LogP contribution in [0.15, 0.2) is 42.5 Å². The van der Waals surface area contributed by atoms with Crippen LogP contribution in [0.5, 0.6) is 5.75 Å². The van der Waals surface area contributed by atoms with Crippen LogP contribution in [0.2, 0.25) is 0 Å². The maximum atomic E-state index is 6.08. The summed E-state index contributed by atoms with van der Waals surface area (Å²) in [6.45, 7) is 2.14. The molecule has 20 heavy (non-hydrogen) atoms. The molecule has 2 unspecified atom stereocenters. The van der Waals surface area contributed by atoms with Crippen molar-refractivity contribution in [2.45, 2.75) is 38.3 Å². The highest BCUT2D eigenvalue weighted by molar-refractivity contribution is 5.56. The first-order valence-electron chi connectivity index (χ1n) is 7.38. The van der Waals surface area contributed by atoms with Gasteiger partial charge in [0, 0.05) is 24.6 Å². The molecule has 0 aromatic heterocycles. The minimum Gasteiger partial charge on any atom is -0.490 e. The molecule has 2 aliphatic rings. The van der Waals surface area contributed by atoms with Gasteiger partial charge >= 0.3 is 0 Å². The number of benzene rings is 2. The highest BCUT2D eigenvalue weighted by Crippen LogP contribution is 2.34.